The number of rotatable bonds is 4. The smallest absolute Gasteiger partial charge is 0.277 e. The summed E-state index contributed by atoms with van der Waals surface area (Å²) < 4.78 is 1.39. The summed E-state index contributed by atoms with van der Waals surface area (Å²) in [5.41, 5.74) is 0.754. The first-order valence-corrected chi connectivity index (χ1v) is 5.60. The number of hydrogen-bond acceptors (Lipinski definition) is 3. The lowest BCUT2D eigenvalue weighted by molar-refractivity contribution is 0.101. The lowest BCUT2D eigenvalue weighted by Crippen LogP contribution is -2.29. The van der Waals surface area contributed by atoms with Gasteiger partial charge in [-0.25, -0.2) is 4.68 Å². The summed E-state index contributed by atoms with van der Waals surface area (Å²) in [4.78, 5) is 23.2. The summed E-state index contributed by atoms with van der Waals surface area (Å²) in [5, 5.41) is 4.26. The zero-order valence-electron chi connectivity index (χ0n) is 10.3. The van der Waals surface area contributed by atoms with Crippen LogP contribution in [0.4, 0.5) is 0 Å². The Morgan fingerprint density at radius 2 is 2.12 bits per heavy atom. The normalized spacial score (nSPS) is 10.8. The SMILES string of the molecule is CCCn1nc(C(C)C)cc(C(C)=O)c1=O. The van der Waals surface area contributed by atoms with Crippen molar-refractivity contribution in [3.05, 3.63) is 27.7 Å². The molecule has 88 valence electrons. The Balaban J connectivity index is 3.39. The summed E-state index contributed by atoms with van der Waals surface area (Å²) in [6.45, 7) is 7.93. The molecule has 0 radical (unpaired) electrons. The predicted octanol–water partition coefficient (Wildman–Crippen LogP) is 1.98. The van der Waals surface area contributed by atoms with Crippen molar-refractivity contribution in [2.45, 2.75) is 46.6 Å². The molecule has 4 nitrogen and oxygen atoms in total. The minimum absolute atomic E-state index is 0.195. The van der Waals surface area contributed by atoms with Gasteiger partial charge < -0.3 is 0 Å². The first kappa shape index (κ1) is 12.6. The van der Waals surface area contributed by atoms with Crippen molar-refractivity contribution in [1.82, 2.24) is 9.78 Å². The van der Waals surface area contributed by atoms with Gasteiger partial charge in [-0.3, -0.25) is 9.59 Å². The van der Waals surface area contributed by atoms with E-state index in [9.17, 15) is 9.59 Å². The highest BCUT2D eigenvalue weighted by atomic mass is 16.1. The van der Waals surface area contributed by atoms with Gasteiger partial charge in [-0.05, 0) is 25.3 Å². The van der Waals surface area contributed by atoms with Crippen LogP contribution in [-0.2, 0) is 6.54 Å². The zero-order valence-corrected chi connectivity index (χ0v) is 10.3. The zero-order chi connectivity index (χ0) is 12.3. The average Bonchev–Trinajstić information content (AvgIpc) is 2.20. The molecule has 0 saturated heterocycles. The Hall–Kier alpha value is -1.45. The second-order valence-electron chi connectivity index (χ2n) is 4.22. The van der Waals surface area contributed by atoms with E-state index < -0.39 is 0 Å². The second kappa shape index (κ2) is 5.05. The van der Waals surface area contributed by atoms with Crippen LogP contribution in [0.3, 0.4) is 0 Å². The Labute approximate surface area is 95.3 Å². The minimum Gasteiger partial charge on any atom is -0.294 e. The molecule has 0 spiro atoms. The molecule has 0 aliphatic rings. The maximum Gasteiger partial charge on any atom is 0.277 e. The molecule has 0 unspecified atom stereocenters. The van der Waals surface area contributed by atoms with E-state index in [1.807, 2.05) is 20.8 Å². The molecule has 0 fully saturated rings. The molecular weight excluding hydrogens is 204 g/mol. The van der Waals surface area contributed by atoms with Gasteiger partial charge >= 0.3 is 0 Å². The molecule has 0 atom stereocenters. The van der Waals surface area contributed by atoms with Crippen LogP contribution in [0.5, 0.6) is 0 Å². The average molecular weight is 222 g/mol. The van der Waals surface area contributed by atoms with Gasteiger partial charge in [0.1, 0.15) is 0 Å². The molecule has 0 bridgehead atoms. The van der Waals surface area contributed by atoms with E-state index in [2.05, 4.69) is 5.10 Å². The van der Waals surface area contributed by atoms with Gasteiger partial charge in [0.15, 0.2) is 5.78 Å². The topological polar surface area (TPSA) is 52.0 Å². The Morgan fingerprint density at radius 3 is 2.56 bits per heavy atom. The van der Waals surface area contributed by atoms with Crippen molar-refractivity contribution in [1.29, 1.82) is 0 Å². The van der Waals surface area contributed by atoms with Crippen LogP contribution >= 0.6 is 0 Å². The number of aryl methyl sites for hydroxylation is 1. The van der Waals surface area contributed by atoms with Crippen LogP contribution in [0, 0.1) is 0 Å². The molecule has 1 rings (SSSR count). The summed E-state index contributed by atoms with van der Waals surface area (Å²) >= 11 is 0. The molecule has 1 aromatic heterocycles. The van der Waals surface area contributed by atoms with E-state index in [1.165, 1.54) is 11.6 Å². The lowest BCUT2D eigenvalue weighted by atomic mass is 10.1. The molecule has 0 N–H and O–H groups in total. The fourth-order valence-corrected chi connectivity index (χ4v) is 1.46. The highest BCUT2D eigenvalue weighted by molar-refractivity contribution is 5.93. The molecule has 1 aromatic rings. The highest BCUT2D eigenvalue weighted by Crippen LogP contribution is 2.11. The van der Waals surface area contributed by atoms with E-state index in [4.69, 9.17) is 0 Å². The molecule has 0 aliphatic carbocycles. The quantitative estimate of drug-likeness (QED) is 0.732. The van der Waals surface area contributed by atoms with Crippen molar-refractivity contribution in [2.75, 3.05) is 0 Å². The molecule has 0 aliphatic heterocycles. The number of nitrogens with zero attached hydrogens (tertiary/aromatic N) is 2. The van der Waals surface area contributed by atoms with Gasteiger partial charge in [0.05, 0.1) is 11.3 Å². The van der Waals surface area contributed by atoms with Gasteiger partial charge in [-0.15, -0.1) is 0 Å². The Morgan fingerprint density at radius 1 is 1.50 bits per heavy atom. The monoisotopic (exact) mass is 222 g/mol. The van der Waals surface area contributed by atoms with E-state index in [0.717, 1.165) is 12.1 Å². The van der Waals surface area contributed by atoms with Crippen LogP contribution in [0.2, 0.25) is 0 Å². The van der Waals surface area contributed by atoms with Gasteiger partial charge in [-0.2, -0.15) is 5.10 Å². The third-order valence-corrected chi connectivity index (χ3v) is 2.40. The van der Waals surface area contributed by atoms with Crippen LogP contribution in [0.25, 0.3) is 0 Å². The van der Waals surface area contributed by atoms with Crippen LogP contribution in [0.1, 0.15) is 56.1 Å². The highest BCUT2D eigenvalue weighted by Gasteiger charge is 2.13. The van der Waals surface area contributed by atoms with Crippen molar-refractivity contribution in [3.8, 4) is 0 Å². The summed E-state index contributed by atoms with van der Waals surface area (Å²) in [6.07, 6.45) is 0.825. The van der Waals surface area contributed by atoms with Gasteiger partial charge in [-0.1, -0.05) is 20.8 Å². The standard InChI is InChI=1S/C12H18N2O2/c1-5-6-14-12(16)10(9(4)15)7-11(13-14)8(2)3/h7-8H,5-6H2,1-4H3. The Bertz CT molecular complexity index is 447. The predicted molar refractivity (Wildman–Crippen MR) is 62.9 cm³/mol. The van der Waals surface area contributed by atoms with Crippen molar-refractivity contribution < 1.29 is 4.79 Å². The molecule has 0 saturated carbocycles. The second-order valence-corrected chi connectivity index (χ2v) is 4.22. The number of carbonyl (C=O) groups excluding carboxylic acids is 1. The summed E-state index contributed by atoms with van der Waals surface area (Å²) in [5.74, 6) is 0.0148. The number of Topliss-reactive ketones (excluding diaryl/α,β-unsaturated/α-hetero) is 1. The number of aromatic nitrogens is 2. The molecule has 16 heavy (non-hydrogen) atoms. The minimum atomic E-state index is -0.279. The lowest BCUT2D eigenvalue weighted by Gasteiger charge is -2.10. The van der Waals surface area contributed by atoms with Crippen LogP contribution in [0.15, 0.2) is 10.9 Å². The fourth-order valence-electron chi connectivity index (χ4n) is 1.46. The molecule has 0 aromatic carbocycles. The third-order valence-electron chi connectivity index (χ3n) is 2.40. The van der Waals surface area contributed by atoms with Crippen molar-refractivity contribution >= 4 is 5.78 Å². The molecule has 1 heterocycles. The van der Waals surface area contributed by atoms with Gasteiger partial charge in [0.2, 0.25) is 0 Å². The largest absolute Gasteiger partial charge is 0.294 e. The first-order chi connectivity index (χ1) is 7.47. The van der Waals surface area contributed by atoms with Crippen molar-refractivity contribution in [3.63, 3.8) is 0 Å². The third kappa shape index (κ3) is 2.56. The maximum absolute atomic E-state index is 11.9. The fraction of sp³-hybridized carbons (Fsp3) is 0.583. The van der Waals surface area contributed by atoms with Crippen LogP contribution in [-0.4, -0.2) is 15.6 Å². The molecular formula is C12H18N2O2. The summed E-state index contributed by atoms with van der Waals surface area (Å²) in [7, 11) is 0. The van der Waals surface area contributed by atoms with E-state index in [0.29, 0.717) is 6.54 Å². The summed E-state index contributed by atoms with van der Waals surface area (Å²) in [6, 6.07) is 1.61. The van der Waals surface area contributed by atoms with E-state index in [-0.39, 0.29) is 22.8 Å². The van der Waals surface area contributed by atoms with Crippen LogP contribution < -0.4 is 5.56 Å². The van der Waals surface area contributed by atoms with E-state index in [1.54, 1.807) is 6.07 Å². The number of carbonyl (C=O) groups is 1. The first-order valence-electron chi connectivity index (χ1n) is 5.60. The van der Waals surface area contributed by atoms with E-state index >= 15 is 0 Å². The molecule has 4 heteroatoms. The molecule has 0 amide bonds. The maximum atomic E-state index is 11.9. The van der Waals surface area contributed by atoms with Crippen molar-refractivity contribution in [2.24, 2.45) is 0 Å². The van der Waals surface area contributed by atoms with Gasteiger partial charge in [0, 0.05) is 6.54 Å². The number of hydrogen-bond donors (Lipinski definition) is 0. The van der Waals surface area contributed by atoms with Gasteiger partial charge in [0.25, 0.3) is 5.56 Å². The Kier molecular flexibility index (Phi) is 3.99. The number of ketones is 1.